The zero-order valence-corrected chi connectivity index (χ0v) is 22.7. The van der Waals surface area contributed by atoms with Crippen LogP contribution < -0.4 is 15.8 Å². The summed E-state index contributed by atoms with van der Waals surface area (Å²) in [6, 6.07) is 3.92. The zero-order valence-electron chi connectivity index (χ0n) is 21.9. The molecule has 0 unspecified atom stereocenters. The summed E-state index contributed by atoms with van der Waals surface area (Å²) in [5.41, 5.74) is 9.16. The molecule has 0 radical (unpaired) electrons. The minimum Gasteiger partial charge on any atom is -0.481 e. The Balaban J connectivity index is 1.70. The summed E-state index contributed by atoms with van der Waals surface area (Å²) in [5.74, 6) is 2.12. The number of sulfonamides is 1. The molecular weight excluding hydrogens is 494 g/mol. The molecule has 198 valence electrons. The van der Waals surface area contributed by atoms with E-state index in [4.69, 9.17) is 15.5 Å². The summed E-state index contributed by atoms with van der Waals surface area (Å²) >= 11 is 0. The Bertz CT molecular complexity index is 1380. The SMILES string of the molecule is COc1ncc(Nc2ncc([C@@H](C)N3CCN(S(C)(=O)=O)C[C@@H]3C)cc2-c2nc(C)nc(N)n2)cc1C. The highest BCUT2D eigenvalue weighted by atomic mass is 32.2. The summed E-state index contributed by atoms with van der Waals surface area (Å²) < 4.78 is 30.9. The Hall–Kier alpha value is -3.42. The van der Waals surface area contributed by atoms with E-state index in [1.165, 1.54) is 10.6 Å². The van der Waals surface area contributed by atoms with Crippen molar-refractivity contribution in [2.75, 3.05) is 44.1 Å². The van der Waals surface area contributed by atoms with Crippen molar-refractivity contribution in [1.29, 1.82) is 0 Å². The van der Waals surface area contributed by atoms with E-state index in [1.54, 1.807) is 20.2 Å². The fourth-order valence-corrected chi connectivity index (χ4v) is 5.49. The van der Waals surface area contributed by atoms with E-state index >= 15 is 0 Å². The number of rotatable bonds is 7. The average molecular weight is 528 g/mol. The molecule has 4 heterocycles. The Morgan fingerprint density at radius 3 is 2.51 bits per heavy atom. The van der Waals surface area contributed by atoms with Crippen molar-refractivity contribution in [3.63, 3.8) is 0 Å². The van der Waals surface area contributed by atoms with Crippen LogP contribution in [0.25, 0.3) is 11.4 Å². The molecule has 3 aromatic heterocycles. The highest BCUT2D eigenvalue weighted by molar-refractivity contribution is 7.88. The Labute approximate surface area is 217 Å². The van der Waals surface area contributed by atoms with Gasteiger partial charge < -0.3 is 15.8 Å². The quantitative estimate of drug-likeness (QED) is 0.465. The largest absolute Gasteiger partial charge is 0.481 e. The minimum absolute atomic E-state index is 0.0258. The summed E-state index contributed by atoms with van der Waals surface area (Å²) in [5, 5.41) is 3.32. The van der Waals surface area contributed by atoms with E-state index in [-0.39, 0.29) is 18.0 Å². The molecule has 0 bridgehead atoms. The summed E-state index contributed by atoms with van der Waals surface area (Å²) in [6.45, 7) is 9.29. The summed E-state index contributed by atoms with van der Waals surface area (Å²) in [4.78, 5) is 24.3. The zero-order chi connectivity index (χ0) is 26.9. The van der Waals surface area contributed by atoms with Gasteiger partial charge in [-0.05, 0) is 45.4 Å². The van der Waals surface area contributed by atoms with Crippen LogP contribution in [0.1, 0.15) is 36.8 Å². The van der Waals surface area contributed by atoms with Gasteiger partial charge in [0, 0.05) is 43.5 Å². The number of aromatic nitrogens is 5. The van der Waals surface area contributed by atoms with E-state index in [9.17, 15) is 8.42 Å². The molecule has 0 aromatic carbocycles. The summed E-state index contributed by atoms with van der Waals surface area (Å²) in [6.07, 6.45) is 4.74. The van der Waals surface area contributed by atoms with Gasteiger partial charge in [0.05, 0.1) is 30.8 Å². The van der Waals surface area contributed by atoms with Gasteiger partial charge in [-0.2, -0.15) is 14.3 Å². The first-order chi connectivity index (χ1) is 17.5. The lowest BCUT2D eigenvalue weighted by Gasteiger charge is -2.42. The molecular formula is C24H33N9O3S. The Morgan fingerprint density at radius 2 is 1.89 bits per heavy atom. The van der Waals surface area contributed by atoms with Gasteiger partial charge in [-0.25, -0.2) is 23.4 Å². The predicted octanol–water partition coefficient (Wildman–Crippen LogP) is 2.31. The number of anilines is 3. The number of nitrogens with two attached hydrogens (primary N) is 1. The van der Waals surface area contributed by atoms with Crippen molar-refractivity contribution in [1.82, 2.24) is 34.1 Å². The van der Waals surface area contributed by atoms with E-state index in [2.05, 4.69) is 37.1 Å². The van der Waals surface area contributed by atoms with Gasteiger partial charge in [-0.3, -0.25) is 4.90 Å². The van der Waals surface area contributed by atoms with E-state index < -0.39 is 10.0 Å². The Morgan fingerprint density at radius 1 is 1.14 bits per heavy atom. The summed E-state index contributed by atoms with van der Waals surface area (Å²) in [7, 11) is -1.65. The number of nitrogen functional groups attached to an aromatic ring is 1. The molecule has 0 saturated carbocycles. The maximum atomic E-state index is 12.0. The molecule has 2 atom stereocenters. The molecule has 1 saturated heterocycles. The molecule has 0 amide bonds. The molecule has 1 fully saturated rings. The van der Waals surface area contributed by atoms with Gasteiger partial charge in [-0.1, -0.05) is 0 Å². The number of ether oxygens (including phenoxy) is 1. The van der Waals surface area contributed by atoms with Crippen LogP contribution in [0.5, 0.6) is 5.88 Å². The maximum absolute atomic E-state index is 12.0. The lowest BCUT2D eigenvalue weighted by Crippen LogP contribution is -2.53. The normalized spacial score (nSPS) is 17.9. The van der Waals surface area contributed by atoms with E-state index in [1.807, 2.05) is 32.2 Å². The second-order valence-electron chi connectivity index (χ2n) is 9.29. The number of piperazine rings is 1. The third-order valence-corrected chi connectivity index (χ3v) is 7.76. The van der Waals surface area contributed by atoms with Gasteiger partial charge >= 0.3 is 0 Å². The van der Waals surface area contributed by atoms with E-state index in [0.717, 1.165) is 16.8 Å². The molecule has 37 heavy (non-hydrogen) atoms. The van der Waals surface area contributed by atoms with Crippen LogP contribution in [-0.2, 0) is 10.0 Å². The molecule has 12 nitrogen and oxygen atoms in total. The number of hydrogen-bond donors (Lipinski definition) is 2. The van der Waals surface area contributed by atoms with Crippen LogP contribution in [0, 0.1) is 13.8 Å². The first-order valence-electron chi connectivity index (χ1n) is 11.9. The van der Waals surface area contributed by atoms with E-state index in [0.29, 0.717) is 48.5 Å². The number of aryl methyl sites for hydroxylation is 2. The van der Waals surface area contributed by atoms with Crippen molar-refractivity contribution in [2.45, 2.75) is 39.8 Å². The van der Waals surface area contributed by atoms with Crippen LogP contribution in [-0.4, -0.2) is 81.6 Å². The molecule has 3 N–H and O–H groups in total. The standard InChI is InChI=1S/C24H33N9O3S/c1-14-9-19(12-27-23(14)36-5)30-21-20(22-28-17(4)29-24(25)31-22)10-18(11-26-21)16(3)33-8-7-32(13-15(33)2)37(6,34)35/h9-12,15-16H,7-8,13H2,1-6H3,(H,26,30)(H2,25,28,29,31)/t15-,16+/m0/s1. The highest BCUT2D eigenvalue weighted by Crippen LogP contribution is 2.33. The molecule has 4 rings (SSSR count). The first-order valence-corrected chi connectivity index (χ1v) is 13.8. The molecule has 1 aliphatic heterocycles. The second-order valence-corrected chi connectivity index (χ2v) is 11.3. The molecule has 1 aliphatic rings. The van der Waals surface area contributed by atoms with Gasteiger partial charge in [-0.15, -0.1) is 0 Å². The monoisotopic (exact) mass is 527 g/mol. The lowest BCUT2D eigenvalue weighted by atomic mass is 10.0. The minimum atomic E-state index is -3.23. The number of pyridine rings is 2. The smallest absolute Gasteiger partial charge is 0.223 e. The van der Waals surface area contributed by atoms with Gasteiger partial charge in [0.15, 0.2) is 5.82 Å². The van der Waals surface area contributed by atoms with Crippen molar-refractivity contribution < 1.29 is 13.2 Å². The van der Waals surface area contributed by atoms with Crippen molar-refractivity contribution in [3.8, 4) is 17.3 Å². The lowest BCUT2D eigenvalue weighted by molar-refractivity contribution is 0.0906. The van der Waals surface area contributed by atoms with Gasteiger partial charge in [0.25, 0.3) is 0 Å². The van der Waals surface area contributed by atoms with Crippen LogP contribution >= 0.6 is 0 Å². The fourth-order valence-electron chi connectivity index (χ4n) is 4.59. The third-order valence-electron chi connectivity index (χ3n) is 6.49. The second kappa shape index (κ2) is 10.5. The number of hydrogen-bond acceptors (Lipinski definition) is 11. The third kappa shape index (κ3) is 5.95. The predicted molar refractivity (Wildman–Crippen MR) is 142 cm³/mol. The van der Waals surface area contributed by atoms with Crippen LogP contribution in [0.3, 0.4) is 0 Å². The molecule has 0 aliphatic carbocycles. The molecule has 0 spiro atoms. The van der Waals surface area contributed by atoms with Gasteiger partial charge in [0.2, 0.25) is 21.9 Å². The van der Waals surface area contributed by atoms with Crippen molar-refractivity contribution in [3.05, 3.63) is 41.5 Å². The molecule has 3 aromatic rings. The van der Waals surface area contributed by atoms with Crippen LogP contribution in [0.4, 0.5) is 17.5 Å². The highest BCUT2D eigenvalue weighted by Gasteiger charge is 2.32. The number of nitrogens with zero attached hydrogens (tertiary/aromatic N) is 7. The fraction of sp³-hybridized carbons (Fsp3) is 0.458. The number of methoxy groups -OCH3 is 1. The maximum Gasteiger partial charge on any atom is 0.223 e. The van der Waals surface area contributed by atoms with Crippen LogP contribution in [0.2, 0.25) is 0 Å². The van der Waals surface area contributed by atoms with Crippen molar-refractivity contribution >= 4 is 27.5 Å². The number of nitrogens with one attached hydrogen (secondary N) is 1. The first kappa shape index (κ1) is 26.6. The van der Waals surface area contributed by atoms with Crippen molar-refractivity contribution in [2.24, 2.45) is 0 Å². The topological polar surface area (TPSA) is 152 Å². The van der Waals surface area contributed by atoms with Gasteiger partial charge in [0.1, 0.15) is 11.6 Å². The average Bonchev–Trinajstić information content (AvgIpc) is 2.83. The molecule has 13 heteroatoms. The Kier molecular flexibility index (Phi) is 7.57. The van der Waals surface area contributed by atoms with Crippen LogP contribution in [0.15, 0.2) is 24.5 Å².